The maximum Gasteiger partial charge on any atom is 0.241 e. The van der Waals surface area contributed by atoms with Crippen molar-refractivity contribution in [1.29, 1.82) is 0 Å². The maximum absolute atomic E-state index is 13.5. The molecule has 0 aliphatic carbocycles. The Morgan fingerprint density at radius 3 is 2.64 bits per heavy atom. The molecule has 6 nitrogen and oxygen atoms in total. The van der Waals surface area contributed by atoms with Gasteiger partial charge in [0.25, 0.3) is 0 Å². The van der Waals surface area contributed by atoms with Gasteiger partial charge in [-0.2, -0.15) is 11.8 Å². The highest BCUT2D eigenvalue weighted by Crippen LogP contribution is 2.16. The number of nitrogens with zero attached hydrogens (tertiary/aromatic N) is 2. The number of likely N-dealkylation sites (N-methyl/N-ethyl adjacent to an activating group) is 1. The lowest BCUT2D eigenvalue weighted by molar-refractivity contribution is -0.127. The minimum atomic E-state index is -0.368. The van der Waals surface area contributed by atoms with Crippen LogP contribution in [0.25, 0.3) is 0 Å². The summed E-state index contributed by atoms with van der Waals surface area (Å²) in [4.78, 5) is 17.6. The summed E-state index contributed by atoms with van der Waals surface area (Å²) < 4.78 is 18.6. The molecule has 0 aromatic heterocycles. The van der Waals surface area contributed by atoms with Crippen LogP contribution in [0.2, 0.25) is 0 Å². The summed E-state index contributed by atoms with van der Waals surface area (Å²) in [6.45, 7) is 1.14. The molecule has 2 N–H and O–H groups in total. The van der Waals surface area contributed by atoms with E-state index >= 15 is 0 Å². The molecule has 1 aromatic carbocycles. The largest absolute Gasteiger partial charge is 0.497 e. The smallest absolute Gasteiger partial charge is 0.241 e. The standard InChI is InChI=1S/C16H25FN4O2S.HI/c1-21(2)15(22)11-20-16(18-5-6-24-4)19-10-12-7-13(17)9-14(8-12)23-3;/h7-9H,5-6,10-11H2,1-4H3,(H2,18,19,20);1H. The predicted octanol–water partition coefficient (Wildman–Crippen LogP) is 1.94. The summed E-state index contributed by atoms with van der Waals surface area (Å²) in [6.07, 6.45) is 2.01. The van der Waals surface area contributed by atoms with Crippen molar-refractivity contribution in [2.75, 3.05) is 46.3 Å². The summed E-state index contributed by atoms with van der Waals surface area (Å²) in [7, 11) is 4.88. The fourth-order valence-corrected chi connectivity index (χ4v) is 2.07. The van der Waals surface area contributed by atoms with Gasteiger partial charge in [0.15, 0.2) is 5.96 Å². The van der Waals surface area contributed by atoms with Crippen LogP contribution < -0.4 is 15.4 Å². The first-order chi connectivity index (χ1) is 11.5. The Balaban J connectivity index is 0.00000576. The van der Waals surface area contributed by atoms with Gasteiger partial charge in [-0.15, -0.1) is 24.0 Å². The number of rotatable bonds is 8. The predicted molar refractivity (Wildman–Crippen MR) is 113 cm³/mol. The topological polar surface area (TPSA) is 66.0 Å². The molecule has 0 radical (unpaired) electrons. The molecule has 0 fully saturated rings. The summed E-state index contributed by atoms with van der Waals surface area (Å²) in [5.74, 6) is 1.46. The lowest BCUT2D eigenvalue weighted by Gasteiger charge is -2.15. The number of methoxy groups -OCH3 is 1. The van der Waals surface area contributed by atoms with Crippen LogP contribution in [0.1, 0.15) is 5.56 Å². The van der Waals surface area contributed by atoms with E-state index in [1.165, 1.54) is 24.1 Å². The molecule has 1 aromatic rings. The normalized spacial score (nSPS) is 10.7. The van der Waals surface area contributed by atoms with Crippen LogP contribution >= 0.6 is 35.7 Å². The molecule has 9 heteroatoms. The second kappa shape index (κ2) is 13.0. The third-order valence-corrected chi connectivity index (χ3v) is 3.70. The Morgan fingerprint density at radius 2 is 2.04 bits per heavy atom. The third kappa shape index (κ3) is 9.73. The lowest BCUT2D eigenvalue weighted by atomic mass is 10.2. The van der Waals surface area contributed by atoms with Crippen molar-refractivity contribution in [1.82, 2.24) is 15.5 Å². The van der Waals surface area contributed by atoms with E-state index in [4.69, 9.17) is 4.74 Å². The zero-order valence-electron chi connectivity index (χ0n) is 15.0. The van der Waals surface area contributed by atoms with Crippen molar-refractivity contribution < 1.29 is 13.9 Å². The van der Waals surface area contributed by atoms with Gasteiger partial charge in [0, 0.05) is 32.5 Å². The van der Waals surface area contributed by atoms with Gasteiger partial charge >= 0.3 is 0 Å². The van der Waals surface area contributed by atoms with Crippen LogP contribution in [-0.2, 0) is 11.3 Å². The Morgan fingerprint density at radius 1 is 1.32 bits per heavy atom. The van der Waals surface area contributed by atoms with E-state index in [0.29, 0.717) is 17.3 Å². The van der Waals surface area contributed by atoms with Crippen molar-refractivity contribution in [3.63, 3.8) is 0 Å². The van der Waals surface area contributed by atoms with Crippen LogP contribution in [-0.4, -0.2) is 63.1 Å². The minimum absolute atomic E-state index is 0. The second-order valence-electron chi connectivity index (χ2n) is 5.23. The van der Waals surface area contributed by atoms with Crippen LogP contribution in [0, 0.1) is 5.82 Å². The van der Waals surface area contributed by atoms with Gasteiger partial charge in [0.2, 0.25) is 5.91 Å². The van der Waals surface area contributed by atoms with Crippen LogP contribution in [0.15, 0.2) is 23.2 Å². The number of ether oxygens (including phenoxy) is 1. The van der Waals surface area contributed by atoms with Gasteiger partial charge < -0.3 is 20.3 Å². The highest BCUT2D eigenvalue weighted by Gasteiger charge is 2.06. The number of halogens is 2. The highest BCUT2D eigenvalue weighted by atomic mass is 127. The van der Waals surface area contributed by atoms with Crippen molar-refractivity contribution in [3.8, 4) is 5.75 Å². The number of carbonyl (C=O) groups excluding carboxylic acids is 1. The number of benzene rings is 1. The van der Waals surface area contributed by atoms with E-state index < -0.39 is 0 Å². The Kier molecular flexibility index (Phi) is 12.4. The number of carbonyl (C=O) groups is 1. The maximum atomic E-state index is 13.5. The monoisotopic (exact) mass is 484 g/mol. The minimum Gasteiger partial charge on any atom is -0.497 e. The SMILES string of the molecule is COc1cc(F)cc(CN=C(NCCSC)NCC(=O)N(C)C)c1.I. The molecule has 0 bridgehead atoms. The van der Waals surface area contributed by atoms with Gasteiger partial charge in [-0.1, -0.05) is 0 Å². The number of hydrogen-bond donors (Lipinski definition) is 2. The van der Waals surface area contributed by atoms with Crippen LogP contribution in [0.5, 0.6) is 5.75 Å². The first-order valence-corrected chi connectivity index (χ1v) is 8.90. The number of amides is 1. The number of guanidine groups is 1. The van der Waals surface area contributed by atoms with E-state index in [9.17, 15) is 9.18 Å². The van der Waals surface area contributed by atoms with Gasteiger partial charge in [-0.05, 0) is 24.0 Å². The molecular weight excluding hydrogens is 458 g/mol. The zero-order valence-corrected chi connectivity index (χ0v) is 18.1. The van der Waals surface area contributed by atoms with E-state index in [1.54, 1.807) is 31.9 Å². The Bertz CT molecular complexity index is 573. The average Bonchev–Trinajstić information content (AvgIpc) is 2.55. The summed E-state index contributed by atoms with van der Waals surface area (Å²) in [5.41, 5.74) is 0.691. The molecule has 0 aliphatic heterocycles. The summed E-state index contributed by atoms with van der Waals surface area (Å²) in [5, 5.41) is 6.14. The van der Waals surface area contributed by atoms with E-state index in [-0.39, 0.29) is 48.8 Å². The molecule has 1 rings (SSSR count). The average molecular weight is 484 g/mol. The number of thioether (sulfide) groups is 1. The molecule has 0 spiro atoms. The van der Waals surface area contributed by atoms with Crippen molar-refractivity contribution in [2.45, 2.75) is 6.54 Å². The molecule has 25 heavy (non-hydrogen) atoms. The molecule has 142 valence electrons. The fraction of sp³-hybridized carbons (Fsp3) is 0.500. The molecule has 0 aliphatic rings. The zero-order chi connectivity index (χ0) is 17.9. The second-order valence-corrected chi connectivity index (χ2v) is 6.21. The molecule has 0 saturated carbocycles. The molecule has 1 amide bonds. The van der Waals surface area contributed by atoms with Gasteiger partial charge in [-0.3, -0.25) is 4.79 Å². The molecule has 0 heterocycles. The van der Waals surface area contributed by atoms with E-state index in [1.807, 2.05) is 6.26 Å². The molecule has 0 atom stereocenters. The molecule has 0 unspecified atom stereocenters. The first-order valence-electron chi connectivity index (χ1n) is 7.51. The summed E-state index contributed by atoms with van der Waals surface area (Å²) >= 11 is 1.71. The third-order valence-electron chi connectivity index (χ3n) is 3.09. The van der Waals surface area contributed by atoms with Crippen molar-refractivity contribution in [2.24, 2.45) is 4.99 Å². The highest BCUT2D eigenvalue weighted by molar-refractivity contribution is 14.0. The van der Waals surface area contributed by atoms with Gasteiger partial charge in [0.05, 0.1) is 20.2 Å². The number of hydrogen-bond acceptors (Lipinski definition) is 4. The van der Waals surface area contributed by atoms with Crippen LogP contribution in [0.4, 0.5) is 4.39 Å². The number of aliphatic imine (C=N–C) groups is 1. The van der Waals surface area contributed by atoms with Gasteiger partial charge in [-0.25, -0.2) is 9.38 Å². The Labute approximate surface area is 170 Å². The Hall–Kier alpha value is -1.23. The molecule has 0 saturated heterocycles. The first kappa shape index (κ1) is 23.8. The number of nitrogens with one attached hydrogen (secondary N) is 2. The summed E-state index contributed by atoms with van der Waals surface area (Å²) in [6, 6.07) is 4.46. The quantitative estimate of drug-likeness (QED) is 0.256. The van der Waals surface area contributed by atoms with Gasteiger partial charge in [0.1, 0.15) is 11.6 Å². The van der Waals surface area contributed by atoms with Crippen molar-refractivity contribution in [3.05, 3.63) is 29.6 Å². The van der Waals surface area contributed by atoms with E-state index in [0.717, 1.165) is 12.3 Å². The van der Waals surface area contributed by atoms with E-state index in [2.05, 4.69) is 15.6 Å². The van der Waals surface area contributed by atoms with Crippen LogP contribution in [0.3, 0.4) is 0 Å². The molecular formula is C16H26FIN4O2S. The fourth-order valence-electron chi connectivity index (χ4n) is 1.76. The van der Waals surface area contributed by atoms with Crippen molar-refractivity contribution >= 4 is 47.6 Å². The lowest BCUT2D eigenvalue weighted by Crippen LogP contribution is -2.43.